The van der Waals surface area contributed by atoms with Crippen molar-refractivity contribution in [3.05, 3.63) is 15.6 Å². The number of hydrogen-bond acceptors (Lipinski definition) is 5. The lowest BCUT2D eigenvalue weighted by molar-refractivity contribution is 0.180. The zero-order chi connectivity index (χ0) is 9.68. The van der Waals surface area contributed by atoms with Crippen LogP contribution in [0.15, 0.2) is 0 Å². The second-order valence-electron chi connectivity index (χ2n) is 2.60. The third kappa shape index (κ3) is 2.73. The van der Waals surface area contributed by atoms with Gasteiger partial charge in [0.05, 0.1) is 18.9 Å². The molecule has 0 saturated carbocycles. The van der Waals surface area contributed by atoms with Crippen molar-refractivity contribution in [2.45, 2.75) is 19.8 Å². The van der Waals surface area contributed by atoms with Crippen LogP contribution in [0.4, 0.5) is 0 Å². The average molecular weight is 202 g/mol. The maximum Gasteiger partial charge on any atom is 0.119 e. The number of ether oxygens (including phenoxy) is 1. The van der Waals surface area contributed by atoms with Gasteiger partial charge in [-0.15, -0.1) is 11.3 Å². The molecule has 0 atom stereocenters. The van der Waals surface area contributed by atoms with Crippen molar-refractivity contribution in [1.82, 2.24) is 10.3 Å². The monoisotopic (exact) mass is 202 g/mol. The maximum absolute atomic E-state index is 8.90. The van der Waals surface area contributed by atoms with Gasteiger partial charge in [0.2, 0.25) is 0 Å². The van der Waals surface area contributed by atoms with Crippen LogP contribution in [-0.2, 0) is 24.5 Å². The molecule has 1 aromatic rings. The van der Waals surface area contributed by atoms with Gasteiger partial charge in [-0.05, 0) is 7.05 Å². The topological polar surface area (TPSA) is 54.4 Å². The van der Waals surface area contributed by atoms with Gasteiger partial charge in [0.1, 0.15) is 5.01 Å². The van der Waals surface area contributed by atoms with Crippen LogP contribution in [0.1, 0.15) is 15.6 Å². The summed E-state index contributed by atoms with van der Waals surface area (Å²) in [7, 11) is 3.52. The molecule has 74 valence electrons. The number of aromatic nitrogens is 1. The Morgan fingerprint density at radius 2 is 2.38 bits per heavy atom. The minimum atomic E-state index is 0.00505. The third-order valence-electron chi connectivity index (χ3n) is 1.58. The first-order chi connectivity index (χ1) is 6.31. The number of thiazole rings is 1. The number of nitrogens with zero attached hydrogens (tertiary/aromatic N) is 1. The zero-order valence-electron chi connectivity index (χ0n) is 7.83. The Morgan fingerprint density at radius 1 is 1.62 bits per heavy atom. The van der Waals surface area contributed by atoms with Gasteiger partial charge in [-0.2, -0.15) is 0 Å². The molecule has 0 amide bonds. The largest absolute Gasteiger partial charge is 0.389 e. The Balaban J connectivity index is 2.79. The molecule has 0 spiro atoms. The highest BCUT2D eigenvalue weighted by molar-refractivity contribution is 7.11. The summed E-state index contributed by atoms with van der Waals surface area (Å²) < 4.78 is 5.01. The van der Waals surface area contributed by atoms with Gasteiger partial charge >= 0.3 is 0 Å². The van der Waals surface area contributed by atoms with Gasteiger partial charge in [0.25, 0.3) is 0 Å². The zero-order valence-corrected chi connectivity index (χ0v) is 8.65. The first-order valence-corrected chi connectivity index (χ1v) is 4.85. The van der Waals surface area contributed by atoms with Crippen molar-refractivity contribution in [2.75, 3.05) is 14.2 Å². The molecule has 1 heterocycles. The Morgan fingerprint density at radius 3 is 2.92 bits per heavy atom. The number of methoxy groups -OCH3 is 1. The Labute approximate surface area is 81.6 Å². The standard InChI is InChI=1S/C8H14N2O2S/c1-9-3-7-6(5-12-2)10-8(4-11)13-7/h9,11H,3-5H2,1-2H3. The second-order valence-corrected chi connectivity index (χ2v) is 3.77. The molecule has 0 aliphatic carbocycles. The van der Waals surface area contributed by atoms with Crippen LogP contribution in [0.2, 0.25) is 0 Å². The SMILES string of the molecule is CNCc1sc(CO)nc1COC. The van der Waals surface area contributed by atoms with E-state index in [4.69, 9.17) is 9.84 Å². The molecule has 0 fully saturated rings. The fourth-order valence-electron chi connectivity index (χ4n) is 1.05. The quantitative estimate of drug-likeness (QED) is 0.730. The van der Waals surface area contributed by atoms with Crippen molar-refractivity contribution in [2.24, 2.45) is 0 Å². The molecule has 1 rings (SSSR count). The summed E-state index contributed by atoms with van der Waals surface area (Å²) in [5, 5.41) is 12.7. The van der Waals surface area contributed by atoms with Crippen LogP contribution in [0.25, 0.3) is 0 Å². The van der Waals surface area contributed by atoms with Gasteiger partial charge in [-0.1, -0.05) is 0 Å². The van der Waals surface area contributed by atoms with Crippen LogP contribution < -0.4 is 5.32 Å². The normalized spacial score (nSPS) is 10.7. The molecule has 0 aliphatic rings. The Bertz CT molecular complexity index is 239. The van der Waals surface area contributed by atoms with Gasteiger partial charge in [0.15, 0.2) is 0 Å². The maximum atomic E-state index is 8.90. The molecular weight excluding hydrogens is 188 g/mol. The summed E-state index contributed by atoms with van der Waals surface area (Å²) in [4.78, 5) is 5.37. The minimum Gasteiger partial charge on any atom is -0.389 e. The molecule has 0 radical (unpaired) electrons. The van der Waals surface area contributed by atoms with Gasteiger partial charge in [-0.25, -0.2) is 4.98 Å². The van der Waals surface area contributed by atoms with Crippen LogP contribution in [0.5, 0.6) is 0 Å². The lowest BCUT2D eigenvalue weighted by Crippen LogP contribution is -2.06. The van der Waals surface area contributed by atoms with E-state index in [2.05, 4.69) is 10.3 Å². The van der Waals surface area contributed by atoms with Gasteiger partial charge in [0, 0.05) is 18.5 Å². The molecule has 4 nitrogen and oxygen atoms in total. The van der Waals surface area contributed by atoms with E-state index in [0.717, 1.165) is 22.1 Å². The smallest absolute Gasteiger partial charge is 0.119 e. The molecule has 0 bridgehead atoms. The fraction of sp³-hybridized carbons (Fsp3) is 0.625. The lowest BCUT2D eigenvalue weighted by Gasteiger charge is -1.98. The van der Waals surface area contributed by atoms with Gasteiger partial charge in [-0.3, -0.25) is 0 Å². The molecule has 1 aromatic heterocycles. The first-order valence-electron chi connectivity index (χ1n) is 4.03. The summed E-state index contributed by atoms with van der Waals surface area (Å²) >= 11 is 1.52. The first kappa shape index (κ1) is 10.6. The molecular formula is C8H14N2O2S. The molecule has 2 N–H and O–H groups in total. The van der Waals surface area contributed by atoms with Crippen molar-refractivity contribution in [1.29, 1.82) is 0 Å². The highest BCUT2D eigenvalue weighted by Crippen LogP contribution is 2.19. The van der Waals surface area contributed by atoms with Crippen molar-refractivity contribution >= 4 is 11.3 Å². The highest BCUT2D eigenvalue weighted by Gasteiger charge is 2.09. The van der Waals surface area contributed by atoms with E-state index in [-0.39, 0.29) is 6.61 Å². The summed E-state index contributed by atoms with van der Waals surface area (Å²) in [5.41, 5.74) is 0.922. The van der Waals surface area contributed by atoms with Crippen LogP contribution in [0, 0.1) is 0 Å². The number of hydrogen-bond donors (Lipinski definition) is 2. The van der Waals surface area contributed by atoms with E-state index in [1.165, 1.54) is 11.3 Å². The van der Waals surface area contributed by atoms with Crippen molar-refractivity contribution < 1.29 is 9.84 Å². The van der Waals surface area contributed by atoms with Crippen LogP contribution in [0.3, 0.4) is 0 Å². The van der Waals surface area contributed by atoms with E-state index in [1.807, 2.05) is 7.05 Å². The lowest BCUT2D eigenvalue weighted by atomic mass is 10.4. The summed E-state index contributed by atoms with van der Waals surface area (Å²) in [6.07, 6.45) is 0. The number of aliphatic hydroxyl groups excluding tert-OH is 1. The molecule has 0 unspecified atom stereocenters. The summed E-state index contributed by atoms with van der Waals surface area (Å²) in [6, 6.07) is 0. The van der Waals surface area contributed by atoms with Crippen molar-refractivity contribution in [3.63, 3.8) is 0 Å². The average Bonchev–Trinajstić information content (AvgIpc) is 2.50. The van der Waals surface area contributed by atoms with Crippen molar-refractivity contribution in [3.8, 4) is 0 Å². The van der Waals surface area contributed by atoms with E-state index < -0.39 is 0 Å². The molecule has 0 aliphatic heterocycles. The molecule has 13 heavy (non-hydrogen) atoms. The molecule has 0 saturated heterocycles. The van der Waals surface area contributed by atoms with E-state index in [1.54, 1.807) is 7.11 Å². The third-order valence-corrected chi connectivity index (χ3v) is 2.66. The van der Waals surface area contributed by atoms with Crippen LogP contribution in [-0.4, -0.2) is 24.2 Å². The summed E-state index contributed by atoms with van der Waals surface area (Å²) in [5.74, 6) is 0. The predicted molar refractivity (Wildman–Crippen MR) is 51.5 cm³/mol. The van der Waals surface area contributed by atoms with E-state index in [0.29, 0.717) is 6.61 Å². The van der Waals surface area contributed by atoms with E-state index >= 15 is 0 Å². The van der Waals surface area contributed by atoms with E-state index in [9.17, 15) is 0 Å². The number of nitrogens with one attached hydrogen (secondary N) is 1. The van der Waals surface area contributed by atoms with Crippen LogP contribution >= 0.6 is 11.3 Å². The second kappa shape index (κ2) is 5.29. The van der Waals surface area contributed by atoms with Gasteiger partial charge < -0.3 is 15.2 Å². The number of rotatable bonds is 5. The molecule has 5 heteroatoms. The predicted octanol–water partition coefficient (Wildman–Crippen LogP) is 0.501. The molecule has 0 aromatic carbocycles. The summed E-state index contributed by atoms with van der Waals surface area (Å²) in [6.45, 7) is 1.29. The number of aliphatic hydroxyl groups is 1. The minimum absolute atomic E-state index is 0.00505. The highest BCUT2D eigenvalue weighted by atomic mass is 32.1. The Kier molecular flexibility index (Phi) is 4.31. The fourth-order valence-corrected chi connectivity index (χ4v) is 2.00. The Hall–Kier alpha value is -0.490.